The van der Waals surface area contributed by atoms with Gasteiger partial charge in [-0.15, -0.1) is 0 Å². The van der Waals surface area contributed by atoms with E-state index >= 15 is 0 Å². The van der Waals surface area contributed by atoms with Gasteiger partial charge in [-0.05, 0) is 31.2 Å². The number of hydrogen-bond acceptors (Lipinski definition) is 7. The van der Waals surface area contributed by atoms with Gasteiger partial charge in [0.05, 0.1) is 12.1 Å². The SMILES string of the molecule is Cc1oncc1C(=O)N1CCCC(c2nc(-c3ccsc3)no2)C1. The summed E-state index contributed by atoms with van der Waals surface area (Å²) in [5.74, 6) is 1.73. The Bertz CT molecular complexity index is 839. The fourth-order valence-electron chi connectivity index (χ4n) is 2.95. The second kappa shape index (κ2) is 6.20. The Kier molecular flexibility index (Phi) is 3.89. The molecule has 1 atom stereocenters. The van der Waals surface area contributed by atoms with Crippen LogP contribution in [0.5, 0.6) is 0 Å². The van der Waals surface area contributed by atoms with Crippen molar-refractivity contribution in [1.82, 2.24) is 20.2 Å². The smallest absolute Gasteiger partial charge is 0.259 e. The van der Waals surface area contributed by atoms with E-state index in [0.717, 1.165) is 18.4 Å². The molecule has 1 aliphatic heterocycles. The molecule has 1 unspecified atom stereocenters. The molecule has 4 heterocycles. The van der Waals surface area contributed by atoms with Gasteiger partial charge in [0.15, 0.2) is 0 Å². The first kappa shape index (κ1) is 15.1. The lowest BCUT2D eigenvalue weighted by molar-refractivity contribution is 0.0694. The predicted molar refractivity (Wildman–Crippen MR) is 86.7 cm³/mol. The molecule has 3 aromatic heterocycles. The third-order valence-corrected chi connectivity index (χ3v) is 4.94. The predicted octanol–water partition coefficient (Wildman–Crippen LogP) is 3.11. The maximum absolute atomic E-state index is 12.6. The van der Waals surface area contributed by atoms with E-state index in [4.69, 9.17) is 9.05 Å². The number of aryl methyl sites for hydroxylation is 1. The zero-order valence-corrected chi connectivity index (χ0v) is 14.0. The Balaban J connectivity index is 1.51. The van der Waals surface area contributed by atoms with Crippen molar-refractivity contribution in [3.8, 4) is 11.4 Å². The lowest BCUT2D eigenvalue weighted by Crippen LogP contribution is -2.39. The van der Waals surface area contributed by atoms with E-state index in [0.29, 0.717) is 36.1 Å². The summed E-state index contributed by atoms with van der Waals surface area (Å²) in [6.07, 6.45) is 3.30. The largest absolute Gasteiger partial charge is 0.361 e. The van der Waals surface area contributed by atoms with E-state index < -0.39 is 0 Å². The lowest BCUT2D eigenvalue weighted by Gasteiger charge is -2.30. The van der Waals surface area contributed by atoms with Gasteiger partial charge < -0.3 is 13.9 Å². The van der Waals surface area contributed by atoms with Crippen molar-refractivity contribution in [3.63, 3.8) is 0 Å². The number of aromatic nitrogens is 3. The highest BCUT2D eigenvalue weighted by molar-refractivity contribution is 7.08. The zero-order chi connectivity index (χ0) is 16.5. The number of piperidine rings is 1. The van der Waals surface area contributed by atoms with Crippen LogP contribution in [-0.2, 0) is 0 Å². The summed E-state index contributed by atoms with van der Waals surface area (Å²) in [5.41, 5.74) is 1.47. The molecule has 1 saturated heterocycles. The Labute approximate surface area is 142 Å². The van der Waals surface area contributed by atoms with Gasteiger partial charge in [-0.25, -0.2) is 0 Å². The Morgan fingerprint density at radius 2 is 2.33 bits per heavy atom. The summed E-state index contributed by atoms with van der Waals surface area (Å²) < 4.78 is 10.4. The van der Waals surface area contributed by atoms with Gasteiger partial charge in [0, 0.05) is 24.0 Å². The molecule has 0 spiro atoms. The minimum Gasteiger partial charge on any atom is -0.361 e. The van der Waals surface area contributed by atoms with Crippen LogP contribution < -0.4 is 0 Å². The van der Waals surface area contributed by atoms with E-state index in [1.54, 1.807) is 18.3 Å². The van der Waals surface area contributed by atoms with E-state index in [-0.39, 0.29) is 11.8 Å². The zero-order valence-electron chi connectivity index (χ0n) is 13.1. The third kappa shape index (κ3) is 2.73. The summed E-state index contributed by atoms with van der Waals surface area (Å²) in [4.78, 5) is 18.9. The second-order valence-corrected chi connectivity index (χ2v) is 6.63. The summed E-state index contributed by atoms with van der Waals surface area (Å²) in [7, 11) is 0. The molecule has 1 aliphatic rings. The molecule has 7 nitrogen and oxygen atoms in total. The van der Waals surface area contributed by atoms with Crippen LogP contribution in [0.4, 0.5) is 0 Å². The molecular weight excluding hydrogens is 328 g/mol. The Morgan fingerprint density at radius 1 is 1.42 bits per heavy atom. The average Bonchev–Trinajstić information content (AvgIpc) is 3.35. The van der Waals surface area contributed by atoms with Crippen molar-refractivity contribution in [2.24, 2.45) is 0 Å². The summed E-state index contributed by atoms with van der Waals surface area (Å²) >= 11 is 1.59. The quantitative estimate of drug-likeness (QED) is 0.726. The van der Waals surface area contributed by atoms with E-state index in [1.165, 1.54) is 6.20 Å². The van der Waals surface area contributed by atoms with Gasteiger partial charge in [0.25, 0.3) is 5.91 Å². The minimum atomic E-state index is -0.0592. The molecular formula is C16H16N4O3S. The van der Waals surface area contributed by atoms with Gasteiger partial charge in [0.1, 0.15) is 11.3 Å². The van der Waals surface area contributed by atoms with Crippen molar-refractivity contribution in [2.75, 3.05) is 13.1 Å². The molecule has 0 N–H and O–H groups in total. The number of hydrogen-bond donors (Lipinski definition) is 0. The van der Waals surface area contributed by atoms with Gasteiger partial charge in [0.2, 0.25) is 11.7 Å². The van der Waals surface area contributed by atoms with Crippen molar-refractivity contribution < 1.29 is 13.8 Å². The van der Waals surface area contributed by atoms with Gasteiger partial charge in [-0.2, -0.15) is 16.3 Å². The van der Waals surface area contributed by atoms with Gasteiger partial charge in [-0.1, -0.05) is 10.3 Å². The van der Waals surface area contributed by atoms with E-state index in [2.05, 4.69) is 15.3 Å². The summed E-state index contributed by atoms with van der Waals surface area (Å²) in [6.45, 7) is 3.02. The Morgan fingerprint density at radius 3 is 3.08 bits per heavy atom. The number of rotatable bonds is 3. The van der Waals surface area contributed by atoms with Crippen LogP contribution in [-0.4, -0.2) is 39.2 Å². The van der Waals surface area contributed by atoms with Crippen LogP contribution >= 0.6 is 11.3 Å². The molecule has 3 aromatic rings. The average molecular weight is 344 g/mol. The van der Waals surface area contributed by atoms with Crippen LogP contribution in [0, 0.1) is 6.92 Å². The number of carbonyl (C=O) groups excluding carboxylic acids is 1. The highest BCUT2D eigenvalue weighted by Gasteiger charge is 2.30. The van der Waals surface area contributed by atoms with Gasteiger partial charge in [-0.3, -0.25) is 4.79 Å². The molecule has 1 fully saturated rings. The molecule has 0 radical (unpaired) electrons. The van der Waals surface area contributed by atoms with Crippen LogP contribution in [0.2, 0.25) is 0 Å². The summed E-state index contributed by atoms with van der Waals surface area (Å²) in [6, 6.07) is 1.96. The van der Waals surface area contributed by atoms with Crippen molar-refractivity contribution >= 4 is 17.2 Å². The second-order valence-electron chi connectivity index (χ2n) is 5.85. The summed E-state index contributed by atoms with van der Waals surface area (Å²) in [5, 5.41) is 11.7. The van der Waals surface area contributed by atoms with Crippen molar-refractivity contribution in [2.45, 2.75) is 25.7 Å². The normalized spacial score (nSPS) is 18.0. The Hall–Kier alpha value is -2.48. The monoisotopic (exact) mass is 344 g/mol. The number of likely N-dealkylation sites (tertiary alicyclic amines) is 1. The fourth-order valence-corrected chi connectivity index (χ4v) is 3.58. The molecule has 0 bridgehead atoms. The van der Waals surface area contributed by atoms with Crippen LogP contribution in [0.1, 0.15) is 40.8 Å². The number of thiophene rings is 1. The maximum Gasteiger partial charge on any atom is 0.259 e. The highest BCUT2D eigenvalue weighted by atomic mass is 32.1. The van der Waals surface area contributed by atoms with E-state index in [9.17, 15) is 4.79 Å². The highest BCUT2D eigenvalue weighted by Crippen LogP contribution is 2.29. The van der Waals surface area contributed by atoms with Crippen molar-refractivity contribution in [1.29, 1.82) is 0 Å². The van der Waals surface area contributed by atoms with Crippen LogP contribution in [0.25, 0.3) is 11.4 Å². The molecule has 0 aromatic carbocycles. The lowest BCUT2D eigenvalue weighted by atomic mass is 9.97. The third-order valence-electron chi connectivity index (χ3n) is 4.26. The molecule has 0 saturated carbocycles. The topological polar surface area (TPSA) is 85.3 Å². The molecule has 1 amide bonds. The fraction of sp³-hybridized carbons (Fsp3) is 0.375. The molecule has 0 aliphatic carbocycles. The first-order valence-electron chi connectivity index (χ1n) is 7.79. The number of amides is 1. The first-order chi connectivity index (χ1) is 11.7. The molecule has 24 heavy (non-hydrogen) atoms. The minimum absolute atomic E-state index is 0.0581. The molecule has 124 valence electrons. The number of nitrogens with zero attached hydrogens (tertiary/aromatic N) is 4. The first-order valence-corrected chi connectivity index (χ1v) is 8.73. The van der Waals surface area contributed by atoms with Gasteiger partial charge >= 0.3 is 0 Å². The van der Waals surface area contributed by atoms with Crippen LogP contribution in [0.3, 0.4) is 0 Å². The standard InChI is InChI=1S/C16H16N4O3S/c1-10-13(7-17-22-10)16(21)20-5-2-3-11(8-20)15-18-14(19-23-15)12-4-6-24-9-12/h4,6-7,9,11H,2-3,5,8H2,1H3. The van der Waals surface area contributed by atoms with E-state index in [1.807, 2.05) is 21.7 Å². The maximum atomic E-state index is 12.6. The number of carbonyl (C=O) groups is 1. The molecule has 8 heteroatoms. The van der Waals surface area contributed by atoms with Crippen molar-refractivity contribution in [3.05, 3.63) is 40.2 Å². The molecule has 4 rings (SSSR count). The van der Waals surface area contributed by atoms with Crippen LogP contribution in [0.15, 0.2) is 32.1 Å².